The fourth-order valence-corrected chi connectivity index (χ4v) is 4.12. The molecule has 1 unspecified atom stereocenters. The SMILES string of the molecule is CCn1nc(C)cc1C(=O)Nc1cccc(C(=O)c2ccc3c(c2)C(C=Nc2ccn[nH]2)C(=O)N3)c1. The zero-order valence-electron chi connectivity index (χ0n) is 19.6. The second-order valence-corrected chi connectivity index (χ2v) is 8.34. The molecule has 0 saturated heterocycles. The summed E-state index contributed by atoms with van der Waals surface area (Å²) in [7, 11) is 0. The highest BCUT2D eigenvalue weighted by Gasteiger charge is 2.30. The van der Waals surface area contributed by atoms with Crippen LogP contribution in [0.2, 0.25) is 0 Å². The summed E-state index contributed by atoms with van der Waals surface area (Å²) in [5, 5.41) is 16.5. The number of hydrogen-bond acceptors (Lipinski definition) is 6. The summed E-state index contributed by atoms with van der Waals surface area (Å²) in [5.41, 5.74) is 3.84. The van der Waals surface area contributed by atoms with Gasteiger partial charge in [-0.15, -0.1) is 0 Å². The lowest BCUT2D eigenvalue weighted by Crippen LogP contribution is -2.17. The van der Waals surface area contributed by atoms with E-state index in [4.69, 9.17) is 0 Å². The molecule has 1 aliphatic heterocycles. The smallest absolute Gasteiger partial charge is 0.273 e. The highest BCUT2D eigenvalue weighted by Crippen LogP contribution is 2.33. The number of benzene rings is 2. The number of aromatic amines is 1. The van der Waals surface area contributed by atoms with Crippen molar-refractivity contribution in [2.45, 2.75) is 26.3 Å². The maximum Gasteiger partial charge on any atom is 0.273 e. The average Bonchev–Trinajstić information content (AvgIpc) is 3.60. The molecule has 2 aromatic heterocycles. The van der Waals surface area contributed by atoms with Crippen LogP contribution in [0.15, 0.2) is 65.8 Å². The third-order valence-electron chi connectivity index (χ3n) is 5.85. The molecule has 3 heterocycles. The van der Waals surface area contributed by atoms with Crippen LogP contribution in [0.4, 0.5) is 17.2 Å². The first-order chi connectivity index (χ1) is 17.4. The van der Waals surface area contributed by atoms with Crippen LogP contribution < -0.4 is 10.6 Å². The van der Waals surface area contributed by atoms with E-state index in [-0.39, 0.29) is 17.6 Å². The van der Waals surface area contributed by atoms with Crippen molar-refractivity contribution in [3.8, 4) is 0 Å². The lowest BCUT2D eigenvalue weighted by molar-refractivity contribution is -0.115. The largest absolute Gasteiger partial charge is 0.325 e. The standard InChI is InChI=1S/C26H23N7O3/c1-3-33-22(11-15(2)32-33)26(36)29-18-6-4-5-16(12-18)24(34)17-7-8-21-19(13-17)20(25(35)30-21)14-27-23-9-10-28-31-23/h4-14,20H,3H2,1-2H3,(H,28,31)(H,29,36)(H,30,35). The molecule has 3 N–H and O–H groups in total. The van der Waals surface area contributed by atoms with Crippen LogP contribution in [0.3, 0.4) is 0 Å². The van der Waals surface area contributed by atoms with Gasteiger partial charge in [-0.05, 0) is 55.8 Å². The van der Waals surface area contributed by atoms with Crippen molar-refractivity contribution in [2.24, 2.45) is 4.99 Å². The van der Waals surface area contributed by atoms with Crippen LogP contribution in [-0.4, -0.2) is 43.8 Å². The molecule has 4 aromatic rings. The van der Waals surface area contributed by atoms with Gasteiger partial charge in [-0.2, -0.15) is 10.2 Å². The zero-order valence-corrected chi connectivity index (χ0v) is 19.6. The number of aromatic nitrogens is 4. The van der Waals surface area contributed by atoms with E-state index in [1.54, 1.807) is 65.5 Å². The van der Waals surface area contributed by atoms with Crippen LogP contribution in [0.1, 0.15) is 50.5 Å². The summed E-state index contributed by atoms with van der Waals surface area (Å²) in [5.74, 6) is -0.854. The van der Waals surface area contributed by atoms with Crippen LogP contribution in [0, 0.1) is 6.92 Å². The molecule has 0 spiro atoms. The molecule has 180 valence electrons. The van der Waals surface area contributed by atoms with Crippen LogP contribution in [0.25, 0.3) is 0 Å². The normalized spacial score (nSPS) is 14.6. The summed E-state index contributed by atoms with van der Waals surface area (Å²) in [6, 6.07) is 15.2. The zero-order chi connectivity index (χ0) is 25.2. The van der Waals surface area contributed by atoms with Gasteiger partial charge in [-0.3, -0.25) is 24.2 Å². The third kappa shape index (κ3) is 4.43. The van der Waals surface area contributed by atoms with Crippen molar-refractivity contribution in [1.82, 2.24) is 20.0 Å². The Kier molecular flexibility index (Phi) is 5.99. The van der Waals surface area contributed by atoms with E-state index in [2.05, 4.69) is 30.9 Å². The summed E-state index contributed by atoms with van der Waals surface area (Å²) in [4.78, 5) is 42.9. The van der Waals surface area contributed by atoms with Gasteiger partial charge in [-0.1, -0.05) is 12.1 Å². The molecule has 1 aliphatic rings. The Morgan fingerprint density at radius 1 is 1.14 bits per heavy atom. The Balaban J connectivity index is 1.38. The number of aliphatic imine (C=N–C) groups is 1. The molecule has 36 heavy (non-hydrogen) atoms. The van der Waals surface area contributed by atoms with E-state index in [0.717, 1.165) is 5.69 Å². The first-order valence-electron chi connectivity index (χ1n) is 11.4. The van der Waals surface area contributed by atoms with Gasteiger partial charge in [0, 0.05) is 41.3 Å². The number of carbonyl (C=O) groups is 3. The van der Waals surface area contributed by atoms with Crippen molar-refractivity contribution in [1.29, 1.82) is 0 Å². The summed E-state index contributed by atoms with van der Waals surface area (Å²) in [6.07, 6.45) is 3.10. The van der Waals surface area contributed by atoms with E-state index in [0.29, 0.717) is 46.1 Å². The summed E-state index contributed by atoms with van der Waals surface area (Å²) >= 11 is 0. The minimum absolute atomic E-state index is 0.218. The first kappa shape index (κ1) is 22.9. The van der Waals surface area contributed by atoms with Gasteiger partial charge in [-0.25, -0.2) is 4.99 Å². The average molecular weight is 482 g/mol. The molecule has 0 fully saturated rings. The van der Waals surface area contributed by atoms with E-state index in [1.807, 2.05) is 13.8 Å². The van der Waals surface area contributed by atoms with Crippen molar-refractivity contribution in [2.75, 3.05) is 10.6 Å². The van der Waals surface area contributed by atoms with E-state index in [1.165, 1.54) is 6.21 Å². The lowest BCUT2D eigenvalue weighted by atomic mass is 9.96. The van der Waals surface area contributed by atoms with Crippen molar-refractivity contribution >= 4 is 41.0 Å². The van der Waals surface area contributed by atoms with Crippen molar-refractivity contribution in [3.63, 3.8) is 0 Å². The van der Waals surface area contributed by atoms with E-state index >= 15 is 0 Å². The molecule has 0 radical (unpaired) electrons. The van der Waals surface area contributed by atoms with Gasteiger partial charge >= 0.3 is 0 Å². The molecule has 1 atom stereocenters. The summed E-state index contributed by atoms with van der Waals surface area (Å²) in [6.45, 7) is 4.31. The quantitative estimate of drug-likeness (QED) is 0.272. The Hall–Kier alpha value is -4.86. The predicted octanol–water partition coefficient (Wildman–Crippen LogP) is 3.86. The topological polar surface area (TPSA) is 134 Å². The van der Waals surface area contributed by atoms with E-state index < -0.39 is 5.92 Å². The van der Waals surface area contributed by atoms with Gasteiger partial charge in [0.1, 0.15) is 17.4 Å². The Labute approximate surface area is 206 Å². The second kappa shape index (κ2) is 9.41. The van der Waals surface area contributed by atoms with E-state index in [9.17, 15) is 14.4 Å². The molecule has 0 saturated carbocycles. The predicted molar refractivity (Wildman–Crippen MR) is 135 cm³/mol. The number of amides is 2. The third-order valence-corrected chi connectivity index (χ3v) is 5.85. The fourth-order valence-electron chi connectivity index (χ4n) is 4.12. The molecular weight excluding hydrogens is 458 g/mol. The fraction of sp³-hybridized carbons (Fsp3) is 0.154. The maximum absolute atomic E-state index is 13.3. The monoisotopic (exact) mass is 481 g/mol. The number of nitrogens with one attached hydrogen (secondary N) is 3. The lowest BCUT2D eigenvalue weighted by Gasteiger charge is -2.09. The Morgan fingerprint density at radius 3 is 2.75 bits per heavy atom. The molecule has 10 heteroatoms. The number of anilines is 2. The summed E-state index contributed by atoms with van der Waals surface area (Å²) < 4.78 is 1.63. The highest BCUT2D eigenvalue weighted by atomic mass is 16.2. The number of fused-ring (bicyclic) bond motifs is 1. The highest BCUT2D eigenvalue weighted by molar-refractivity contribution is 6.15. The number of ketones is 1. The molecular formula is C26H23N7O3. The van der Waals surface area contributed by atoms with Gasteiger partial charge < -0.3 is 10.6 Å². The minimum Gasteiger partial charge on any atom is -0.325 e. The van der Waals surface area contributed by atoms with Crippen LogP contribution >= 0.6 is 0 Å². The number of hydrogen-bond donors (Lipinski definition) is 3. The van der Waals surface area contributed by atoms with Crippen molar-refractivity contribution in [3.05, 3.63) is 88.9 Å². The molecule has 0 aliphatic carbocycles. The molecule has 2 aromatic carbocycles. The van der Waals surface area contributed by atoms with Crippen molar-refractivity contribution < 1.29 is 14.4 Å². The number of carbonyl (C=O) groups excluding carboxylic acids is 3. The van der Waals surface area contributed by atoms with Gasteiger partial charge in [0.05, 0.1) is 11.9 Å². The van der Waals surface area contributed by atoms with Crippen LogP contribution in [-0.2, 0) is 11.3 Å². The maximum atomic E-state index is 13.3. The van der Waals surface area contributed by atoms with Crippen LogP contribution in [0.5, 0.6) is 0 Å². The number of H-pyrrole nitrogens is 1. The van der Waals surface area contributed by atoms with Gasteiger partial charge in [0.15, 0.2) is 5.78 Å². The Bertz CT molecular complexity index is 1500. The molecule has 10 nitrogen and oxygen atoms in total. The second-order valence-electron chi connectivity index (χ2n) is 8.34. The molecule has 0 bridgehead atoms. The van der Waals surface area contributed by atoms with Gasteiger partial charge in [0.25, 0.3) is 5.91 Å². The number of nitrogens with zero attached hydrogens (tertiary/aromatic N) is 4. The minimum atomic E-state index is -0.631. The Morgan fingerprint density at radius 2 is 1.97 bits per heavy atom. The van der Waals surface area contributed by atoms with Gasteiger partial charge in [0.2, 0.25) is 5.91 Å². The molecule has 2 amide bonds. The first-order valence-corrected chi connectivity index (χ1v) is 11.4. The molecule has 5 rings (SSSR count). The number of rotatable bonds is 7. The number of aryl methyl sites for hydroxylation is 2.